The lowest BCUT2D eigenvalue weighted by Crippen LogP contribution is -2.59. The van der Waals surface area contributed by atoms with Crippen molar-refractivity contribution in [2.75, 3.05) is 45.9 Å². The first-order chi connectivity index (χ1) is 9.08. The Labute approximate surface area is 113 Å². The summed E-state index contributed by atoms with van der Waals surface area (Å²) in [6.07, 6.45) is 0.0765. The van der Waals surface area contributed by atoms with Gasteiger partial charge in [-0.25, -0.2) is 0 Å². The van der Waals surface area contributed by atoms with E-state index < -0.39 is 6.04 Å². The first-order valence-corrected chi connectivity index (χ1v) is 6.71. The summed E-state index contributed by atoms with van der Waals surface area (Å²) in [6.45, 7) is 5.98. The average molecular weight is 270 g/mol. The van der Waals surface area contributed by atoms with Crippen LogP contribution in [0.15, 0.2) is 0 Å². The quantitative estimate of drug-likeness (QED) is 0.619. The van der Waals surface area contributed by atoms with E-state index in [4.69, 9.17) is 10.5 Å². The lowest BCUT2D eigenvalue weighted by Gasteiger charge is -2.36. The number of nitrogens with one attached hydrogen (secondary N) is 1. The Morgan fingerprint density at radius 2 is 2.21 bits per heavy atom. The zero-order chi connectivity index (χ0) is 13.8. The second-order valence-corrected chi connectivity index (χ2v) is 5.11. The third-order valence-corrected chi connectivity index (χ3v) is 3.61. The maximum absolute atomic E-state index is 12.2. The minimum absolute atomic E-state index is 0.0447. The minimum atomic E-state index is -0.392. The molecule has 0 aromatic heterocycles. The topological polar surface area (TPSA) is 87.9 Å². The molecule has 2 aliphatic heterocycles. The largest absolute Gasteiger partial charge is 0.375 e. The van der Waals surface area contributed by atoms with Crippen molar-refractivity contribution in [2.45, 2.75) is 19.1 Å². The van der Waals surface area contributed by atoms with E-state index in [-0.39, 0.29) is 24.5 Å². The Bertz CT molecular complexity index is 350. The van der Waals surface area contributed by atoms with Crippen LogP contribution in [0.25, 0.3) is 0 Å². The van der Waals surface area contributed by atoms with Crippen LogP contribution in [0.1, 0.15) is 6.92 Å². The van der Waals surface area contributed by atoms with Crippen molar-refractivity contribution in [1.82, 2.24) is 15.1 Å². The number of ether oxygens (including phenoxy) is 1. The van der Waals surface area contributed by atoms with Crippen molar-refractivity contribution in [2.24, 2.45) is 5.73 Å². The molecule has 108 valence electrons. The molecule has 2 aliphatic rings. The number of nitrogens with two attached hydrogens (primary N) is 1. The van der Waals surface area contributed by atoms with Crippen LogP contribution in [0.2, 0.25) is 0 Å². The van der Waals surface area contributed by atoms with Crippen molar-refractivity contribution in [3.05, 3.63) is 0 Å². The Balaban J connectivity index is 1.91. The Hall–Kier alpha value is -1.18. The molecule has 0 radical (unpaired) electrons. The fourth-order valence-electron chi connectivity index (χ4n) is 2.53. The van der Waals surface area contributed by atoms with Crippen LogP contribution in [0.5, 0.6) is 0 Å². The fraction of sp³-hybridized carbons (Fsp3) is 0.833. The molecule has 7 nitrogen and oxygen atoms in total. The number of nitrogens with zero attached hydrogens (tertiary/aromatic N) is 2. The van der Waals surface area contributed by atoms with Crippen LogP contribution in [0, 0.1) is 0 Å². The van der Waals surface area contributed by atoms with Gasteiger partial charge in [-0.15, -0.1) is 0 Å². The number of morpholine rings is 1. The molecular formula is C12H22N4O3. The van der Waals surface area contributed by atoms with Crippen molar-refractivity contribution in [3.8, 4) is 0 Å². The number of carbonyl (C=O) groups is 2. The van der Waals surface area contributed by atoms with E-state index in [1.807, 2.05) is 11.8 Å². The summed E-state index contributed by atoms with van der Waals surface area (Å²) in [4.78, 5) is 27.3. The highest BCUT2D eigenvalue weighted by atomic mass is 16.5. The van der Waals surface area contributed by atoms with Gasteiger partial charge in [-0.05, 0) is 6.92 Å². The second-order valence-electron chi connectivity index (χ2n) is 5.11. The first kappa shape index (κ1) is 14.2. The highest BCUT2D eigenvalue weighted by Crippen LogP contribution is 2.08. The number of hydrogen-bond donors (Lipinski definition) is 2. The number of amides is 2. The highest BCUT2D eigenvalue weighted by molar-refractivity contribution is 5.83. The summed E-state index contributed by atoms with van der Waals surface area (Å²) < 4.78 is 5.42. The van der Waals surface area contributed by atoms with Crippen LogP contribution < -0.4 is 11.1 Å². The summed E-state index contributed by atoms with van der Waals surface area (Å²) >= 11 is 0. The lowest BCUT2D eigenvalue weighted by atomic mass is 10.1. The molecule has 2 rings (SSSR count). The van der Waals surface area contributed by atoms with E-state index in [1.165, 1.54) is 0 Å². The molecule has 2 unspecified atom stereocenters. The van der Waals surface area contributed by atoms with Crippen LogP contribution in [-0.4, -0.2) is 79.6 Å². The van der Waals surface area contributed by atoms with E-state index in [0.29, 0.717) is 32.8 Å². The van der Waals surface area contributed by atoms with E-state index in [9.17, 15) is 9.59 Å². The van der Waals surface area contributed by atoms with E-state index >= 15 is 0 Å². The van der Waals surface area contributed by atoms with Crippen molar-refractivity contribution in [1.29, 1.82) is 0 Å². The SMILES string of the molecule is CC1CN(C(=O)CN2CCNCC2C(N)=O)CCO1. The minimum Gasteiger partial charge on any atom is -0.375 e. The Kier molecular flexibility index (Phi) is 4.73. The molecule has 2 fully saturated rings. The van der Waals surface area contributed by atoms with Crippen LogP contribution in [-0.2, 0) is 14.3 Å². The zero-order valence-electron chi connectivity index (χ0n) is 11.3. The number of primary amides is 1. The van der Waals surface area contributed by atoms with Gasteiger partial charge in [0.1, 0.15) is 6.04 Å². The van der Waals surface area contributed by atoms with Crippen molar-refractivity contribution >= 4 is 11.8 Å². The third kappa shape index (κ3) is 3.65. The maximum Gasteiger partial charge on any atom is 0.236 e. The third-order valence-electron chi connectivity index (χ3n) is 3.61. The van der Waals surface area contributed by atoms with Gasteiger partial charge in [0.05, 0.1) is 19.3 Å². The monoisotopic (exact) mass is 270 g/mol. The van der Waals surface area contributed by atoms with Crippen LogP contribution in [0.4, 0.5) is 0 Å². The Morgan fingerprint density at radius 3 is 2.89 bits per heavy atom. The van der Waals surface area contributed by atoms with Crippen molar-refractivity contribution < 1.29 is 14.3 Å². The summed E-state index contributed by atoms with van der Waals surface area (Å²) in [5.41, 5.74) is 5.37. The molecule has 0 aliphatic carbocycles. The number of rotatable bonds is 3. The number of carbonyl (C=O) groups excluding carboxylic acids is 2. The highest BCUT2D eigenvalue weighted by Gasteiger charge is 2.30. The van der Waals surface area contributed by atoms with Gasteiger partial charge in [0.15, 0.2) is 0 Å². The molecular weight excluding hydrogens is 248 g/mol. The predicted molar refractivity (Wildman–Crippen MR) is 69.4 cm³/mol. The lowest BCUT2D eigenvalue weighted by molar-refractivity contribution is -0.141. The van der Waals surface area contributed by atoms with Gasteiger partial charge in [0.25, 0.3) is 0 Å². The summed E-state index contributed by atoms with van der Waals surface area (Å²) in [7, 11) is 0. The van der Waals surface area contributed by atoms with Gasteiger partial charge in [-0.3, -0.25) is 14.5 Å². The van der Waals surface area contributed by atoms with E-state index in [1.54, 1.807) is 4.90 Å². The first-order valence-electron chi connectivity index (χ1n) is 6.71. The van der Waals surface area contributed by atoms with E-state index in [0.717, 1.165) is 6.54 Å². The molecule has 0 spiro atoms. The molecule has 2 heterocycles. The molecule has 2 saturated heterocycles. The summed E-state index contributed by atoms with van der Waals surface area (Å²) in [5, 5.41) is 3.12. The summed E-state index contributed by atoms with van der Waals surface area (Å²) in [5.74, 6) is -0.335. The molecule has 19 heavy (non-hydrogen) atoms. The molecule has 0 aromatic carbocycles. The maximum atomic E-state index is 12.2. The predicted octanol–water partition coefficient (Wildman–Crippen LogP) is -2.01. The van der Waals surface area contributed by atoms with Crippen LogP contribution in [0.3, 0.4) is 0 Å². The molecule has 3 N–H and O–H groups in total. The van der Waals surface area contributed by atoms with Gasteiger partial charge >= 0.3 is 0 Å². The molecule has 2 atom stereocenters. The Morgan fingerprint density at radius 1 is 1.42 bits per heavy atom. The molecule has 0 saturated carbocycles. The fourth-order valence-corrected chi connectivity index (χ4v) is 2.53. The van der Waals surface area contributed by atoms with E-state index in [2.05, 4.69) is 5.32 Å². The molecule has 0 aromatic rings. The van der Waals surface area contributed by atoms with Gasteiger partial charge in [0, 0.05) is 32.7 Å². The average Bonchev–Trinajstić information content (AvgIpc) is 2.39. The standard InChI is InChI=1S/C12H22N4O3/c1-9-7-16(4-5-19-9)11(17)8-15-3-2-14-6-10(15)12(13)18/h9-10,14H,2-8H2,1H3,(H2,13,18). The second kappa shape index (κ2) is 6.31. The van der Waals surface area contributed by atoms with Gasteiger partial charge < -0.3 is 20.7 Å². The number of piperazine rings is 1. The number of hydrogen-bond acceptors (Lipinski definition) is 5. The van der Waals surface area contributed by atoms with Crippen LogP contribution >= 0.6 is 0 Å². The summed E-state index contributed by atoms with van der Waals surface area (Å²) in [6, 6.07) is -0.392. The van der Waals surface area contributed by atoms with Gasteiger partial charge in [0.2, 0.25) is 11.8 Å². The molecule has 7 heteroatoms. The smallest absolute Gasteiger partial charge is 0.236 e. The zero-order valence-corrected chi connectivity index (χ0v) is 11.3. The van der Waals surface area contributed by atoms with Gasteiger partial charge in [-0.2, -0.15) is 0 Å². The van der Waals surface area contributed by atoms with Crippen molar-refractivity contribution in [3.63, 3.8) is 0 Å². The molecule has 0 bridgehead atoms. The molecule has 2 amide bonds. The normalized spacial score (nSPS) is 29.2. The van der Waals surface area contributed by atoms with Gasteiger partial charge in [-0.1, -0.05) is 0 Å².